The summed E-state index contributed by atoms with van der Waals surface area (Å²) < 4.78 is 0. The highest BCUT2D eigenvalue weighted by molar-refractivity contribution is 7.99. The Kier molecular flexibility index (Phi) is 5.64. The molecule has 2 rings (SSSR count). The van der Waals surface area contributed by atoms with Gasteiger partial charge in [-0.15, -0.1) is 0 Å². The summed E-state index contributed by atoms with van der Waals surface area (Å²) >= 11 is 2.14. The third kappa shape index (κ3) is 4.15. The van der Waals surface area contributed by atoms with E-state index in [1.54, 1.807) is 0 Å². The van der Waals surface area contributed by atoms with Crippen LogP contribution in [0.15, 0.2) is 0 Å². The van der Waals surface area contributed by atoms with Crippen molar-refractivity contribution < 1.29 is 0 Å². The summed E-state index contributed by atoms with van der Waals surface area (Å²) in [6.45, 7) is 5.21. The van der Waals surface area contributed by atoms with Gasteiger partial charge in [0.25, 0.3) is 0 Å². The molecule has 0 aromatic rings. The highest BCUT2D eigenvalue weighted by Crippen LogP contribution is 2.36. The van der Waals surface area contributed by atoms with Crippen LogP contribution in [-0.4, -0.2) is 49.6 Å². The molecule has 100 valence electrons. The maximum atomic E-state index is 3.45. The standard InChI is InChI=1S/C14H28N2S/c1-15-12-14(6-3-2-4-7-14)13-16-8-5-10-17-11-9-16/h15H,2-13H2,1H3. The van der Waals surface area contributed by atoms with Crippen molar-refractivity contribution in [1.29, 1.82) is 0 Å². The van der Waals surface area contributed by atoms with Crippen molar-refractivity contribution in [3.63, 3.8) is 0 Å². The summed E-state index contributed by atoms with van der Waals surface area (Å²) in [5.41, 5.74) is 0.585. The minimum absolute atomic E-state index is 0.585. The maximum absolute atomic E-state index is 3.45. The van der Waals surface area contributed by atoms with E-state index in [4.69, 9.17) is 0 Å². The van der Waals surface area contributed by atoms with Crippen LogP contribution in [0.4, 0.5) is 0 Å². The molecule has 1 saturated heterocycles. The van der Waals surface area contributed by atoms with Crippen molar-refractivity contribution in [3.05, 3.63) is 0 Å². The number of nitrogens with zero attached hydrogens (tertiary/aromatic N) is 1. The Hall–Kier alpha value is 0.270. The monoisotopic (exact) mass is 256 g/mol. The third-order valence-electron chi connectivity index (χ3n) is 4.34. The number of thioether (sulfide) groups is 1. The molecule has 2 nitrogen and oxygen atoms in total. The molecule has 2 aliphatic rings. The minimum atomic E-state index is 0.585. The Balaban J connectivity index is 1.90. The van der Waals surface area contributed by atoms with Crippen LogP contribution < -0.4 is 5.32 Å². The largest absolute Gasteiger partial charge is 0.319 e. The lowest BCUT2D eigenvalue weighted by Crippen LogP contribution is -2.45. The molecular weight excluding hydrogens is 228 g/mol. The fourth-order valence-electron chi connectivity index (χ4n) is 3.50. The number of hydrogen-bond acceptors (Lipinski definition) is 3. The second-order valence-electron chi connectivity index (χ2n) is 5.83. The van der Waals surface area contributed by atoms with E-state index >= 15 is 0 Å². The van der Waals surface area contributed by atoms with Crippen LogP contribution in [0.2, 0.25) is 0 Å². The first-order valence-electron chi connectivity index (χ1n) is 7.29. The summed E-state index contributed by atoms with van der Waals surface area (Å²) in [5.74, 6) is 2.71. The van der Waals surface area contributed by atoms with Gasteiger partial charge < -0.3 is 10.2 Å². The van der Waals surface area contributed by atoms with Crippen LogP contribution in [0.5, 0.6) is 0 Å². The van der Waals surface area contributed by atoms with Gasteiger partial charge in [0, 0.05) is 25.4 Å². The lowest BCUT2D eigenvalue weighted by molar-refractivity contribution is 0.109. The highest BCUT2D eigenvalue weighted by atomic mass is 32.2. The molecule has 0 unspecified atom stereocenters. The predicted octanol–water partition coefficient (Wildman–Crippen LogP) is 2.60. The minimum Gasteiger partial charge on any atom is -0.319 e. The molecule has 3 heteroatoms. The fraction of sp³-hybridized carbons (Fsp3) is 1.00. The van der Waals surface area contributed by atoms with Crippen LogP contribution in [0.25, 0.3) is 0 Å². The zero-order valence-electron chi connectivity index (χ0n) is 11.3. The van der Waals surface area contributed by atoms with Crippen LogP contribution in [0.1, 0.15) is 38.5 Å². The second kappa shape index (κ2) is 7.01. The van der Waals surface area contributed by atoms with Gasteiger partial charge in [0.15, 0.2) is 0 Å². The Morgan fingerprint density at radius 1 is 1.06 bits per heavy atom. The van der Waals surface area contributed by atoms with E-state index in [2.05, 4.69) is 29.0 Å². The lowest BCUT2D eigenvalue weighted by Gasteiger charge is -2.41. The van der Waals surface area contributed by atoms with Gasteiger partial charge in [-0.1, -0.05) is 19.3 Å². The molecule has 0 radical (unpaired) electrons. The summed E-state index contributed by atoms with van der Waals surface area (Å²) in [6.07, 6.45) is 8.63. The summed E-state index contributed by atoms with van der Waals surface area (Å²) in [6, 6.07) is 0. The average molecular weight is 256 g/mol. The first kappa shape index (κ1) is 13.7. The molecule has 0 bridgehead atoms. The average Bonchev–Trinajstić information content (AvgIpc) is 2.59. The van der Waals surface area contributed by atoms with E-state index in [0.29, 0.717) is 5.41 Å². The molecule has 0 atom stereocenters. The molecule has 0 spiro atoms. The third-order valence-corrected chi connectivity index (χ3v) is 5.39. The molecule has 0 aromatic heterocycles. The van der Waals surface area contributed by atoms with Gasteiger partial charge in [0.1, 0.15) is 0 Å². The molecule has 1 heterocycles. The quantitative estimate of drug-likeness (QED) is 0.832. The smallest absolute Gasteiger partial charge is 0.00726 e. The van der Waals surface area contributed by atoms with Gasteiger partial charge in [-0.3, -0.25) is 0 Å². The van der Waals surface area contributed by atoms with Crippen LogP contribution in [0, 0.1) is 5.41 Å². The molecule has 2 fully saturated rings. The predicted molar refractivity (Wildman–Crippen MR) is 77.8 cm³/mol. The summed E-state index contributed by atoms with van der Waals surface area (Å²) in [4.78, 5) is 2.74. The SMILES string of the molecule is CNCC1(CN2CCCSCC2)CCCCC1. The Morgan fingerprint density at radius 3 is 2.65 bits per heavy atom. The van der Waals surface area contributed by atoms with Crippen LogP contribution in [0.3, 0.4) is 0 Å². The second-order valence-corrected chi connectivity index (χ2v) is 7.06. The molecule has 17 heavy (non-hydrogen) atoms. The Bertz CT molecular complexity index is 201. The van der Waals surface area contributed by atoms with Gasteiger partial charge in [0.2, 0.25) is 0 Å². The zero-order chi connectivity index (χ0) is 12.0. The van der Waals surface area contributed by atoms with E-state index < -0.39 is 0 Å². The number of nitrogens with one attached hydrogen (secondary N) is 1. The first-order chi connectivity index (χ1) is 8.35. The first-order valence-corrected chi connectivity index (χ1v) is 8.45. The van der Waals surface area contributed by atoms with Crippen molar-refractivity contribution in [2.75, 3.05) is 44.7 Å². The molecule has 0 aromatic carbocycles. The van der Waals surface area contributed by atoms with Gasteiger partial charge in [-0.2, -0.15) is 11.8 Å². The van der Waals surface area contributed by atoms with E-state index in [0.717, 1.165) is 0 Å². The van der Waals surface area contributed by atoms with Crippen molar-refractivity contribution in [3.8, 4) is 0 Å². The van der Waals surface area contributed by atoms with E-state index in [-0.39, 0.29) is 0 Å². The molecule has 1 N–H and O–H groups in total. The lowest BCUT2D eigenvalue weighted by atomic mass is 9.73. The van der Waals surface area contributed by atoms with E-state index in [1.165, 1.54) is 76.2 Å². The van der Waals surface area contributed by atoms with Crippen molar-refractivity contribution in [2.45, 2.75) is 38.5 Å². The highest BCUT2D eigenvalue weighted by Gasteiger charge is 2.33. The van der Waals surface area contributed by atoms with Crippen molar-refractivity contribution in [2.24, 2.45) is 5.41 Å². The Morgan fingerprint density at radius 2 is 1.88 bits per heavy atom. The summed E-state index contributed by atoms with van der Waals surface area (Å²) in [7, 11) is 2.12. The van der Waals surface area contributed by atoms with Gasteiger partial charge >= 0.3 is 0 Å². The zero-order valence-corrected chi connectivity index (χ0v) is 12.2. The maximum Gasteiger partial charge on any atom is 0.00726 e. The van der Waals surface area contributed by atoms with Gasteiger partial charge in [-0.05, 0) is 44.0 Å². The Labute approximate surface area is 111 Å². The van der Waals surface area contributed by atoms with Crippen LogP contribution in [-0.2, 0) is 0 Å². The molecular formula is C14H28N2S. The number of hydrogen-bond donors (Lipinski definition) is 1. The van der Waals surface area contributed by atoms with Crippen LogP contribution >= 0.6 is 11.8 Å². The molecule has 1 saturated carbocycles. The molecule has 0 amide bonds. The molecule has 1 aliphatic heterocycles. The van der Waals surface area contributed by atoms with E-state index in [9.17, 15) is 0 Å². The van der Waals surface area contributed by atoms with E-state index in [1.807, 2.05) is 0 Å². The normalized spacial score (nSPS) is 26.6. The van der Waals surface area contributed by atoms with Crippen molar-refractivity contribution >= 4 is 11.8 Å². The van der Waals surface area contributed by atoms with Gasteiger partial charge in [0.05, 0.1) is 0 Å². The number of rotatable bonds is 4. The molecule has 1 aliphatic carbocycles. The topological polar surface area (TPSA) is 15.3 Å². The fourth-order valence-corrected chi connectivity index (χ4v) is 4.42. The van der Waals surface area contributed by atoms with Crippen molar-refractivity contribution in [1.82, 2.24) is 10.2 Å². The van der Waals surface area contributed by atoms with Gasteiger partial charge in [-0.25, -0.2) is 0 Å². The summed E-state index contributed by atoms with van der Waals surface area (Å²) in [5, 5.41) is 3.45.